The van der Waals surface area contributed by atoms with Crippen molar-refractivity contribution in [3.8, 4) is 0 Å². The Morgan fingerprint density at radius 2 is 2.16 bits per heavy atom. The van der Waals surface area contributed by atoms with Crippen molar-refractivity contribution < 1.29 is 0 Å². The number of rotatable bonds is 6. The number of hydrogen-bond donors (Lipinski definition) is 1. The average Bonchev–Trinajstić information content (AvgIpc) is 2.45. The molecule has 106 valence electrons. The molecule has 1 saturated heterocycles. The van der Waals surface area contributed by atoms with E-state index < -0.39 is 0 Å². The zero-order chi connectivity index (χ0) is 13.5. The minimum absolute atomic E-state index is 0.889. The predicted molar refractivity (Wildman–Crippen MR) is 85.6 cm³/mol. The maximum atomic E-state index is 3.62. The molecule has 0 aromatic heterocycles. The van der Waals surface area contributed by atoms with Gasteiger partial charge in [0.15, 0.2) is 0 Å². The maximum absolute atomic E-state index is 3.62. The SMILES string of the molecule is CN(CCc1ccccc1Br)CCC1CCCNC1. The quantitative estimate of drug-likeness (QED) is 0.863. The molecule has 1 aliphatic rings. The summed E-state index contributed by atoms with van der Waals surface area (Å²) in [4.78, 5) is 2.47. The second-order valence-corrected chi connectivity index (χ2v) is 6.50. The van der Waals surface area contributed by atoms with Gasteiger partial charge >= 0.3 is 0 Å². The molecule has 1 aromatic carbocycles. The molecule has 0 bridgehead atoms. The molecular weight excluding hydrogens is 300 g/mol. The highest BCUT2D eigenvalue weighted by atomic mass is 79.9. The number of benzene rings is 1. The first-order valence-electron chi connectivity index (χ1n) is 7.38. The van der Waals surface area contributed by atoms with Gasteiger partial charge in [0.05, 0.1) is 0 Å². The molecule has 3 heteroatoms. The van der Waals surface area contributed by atoms with Gasteiger partial charge in [0.1, 0.15) is 0 Å². The van der Waals surface area contributed by atoms with Crippen LogP contribution in [0, 0.1) is 5.92 Å². The van der Waals surface area contributed by atoms with Crippen LogP contribution in [-0.2, 0) is 6.42 Å². The summed E-state index contributed by atoms with van der Waals surface area (Å²) in [5.41, 5.74) is 1.41. The summed E-state index contributed by atoms with van der Waals surface area (Å²) in [5.74, 6) is 0.889. The Morgan fingerprint density at radius 1 is 1.32 bits per heavy atom. The van der Waals surface area contributed by atoms with Crippen LogP contribution in [0.2, 0.25) is 0 Å². The molecule has 1 aromatic rings. The Bertz CT molecular complexity index is 375. The number of nitrogens with zero attached hydrogens (tertiary/aromatic N) is 1. The van der Waals surface area contributed by atoms with Gasteiger partial charge in [0.25, 0.3) is 0 Å². The fourth-order valence-electron chi connectivity index (χ4n) is 2.70. The molecule has 0 radical (unpaired) electrons. The highest BCUT2D eigenvalue weighted by molar-refractivity contribution is 9.10. The van der Waals surface area contributed by atoms with Crippen molar-refractivity contribution in [2.45, 2.75) is 25.7 Å². The van der Waals surface area contributed by atoms with Gasteiger partial charge in [0, 0.05) is 11.0 Å². The van der Waals surface area contributed by atoms with Gasteiger partial charge in [-0.25, -0.2) is 0 Å². The number of nitrogens with one attached hydrogen (secondary N) is 1. The molecule has 0 spiro atoms. The Balaban J connectivity index is 1.66. The van der Waals surface area contributed by atoms with E-state index in [2.05, 4.69) is 57.5 Å². The third kappa shape index (κ3) is 5.25. The van der Waals surface area contributed by atoms with Crippen LogP contribution < -0.4 is 5.32 Å². The lowest BCUT2D eigenvalue weighted by Crippen LogP contribution is -2.32. The first kappa shape index (κ1) is 15.0. The van der Waals surface area contributed by atoms with Crippen molar-refractivity contribution in [1.29, 1.82) is 0 Å². The zero-order valence-electron chi connectivity index (χ0n) is 11.9. The van der Waals surface area contributed by atoms with E-state index in [4.69, 9.17) is 0 Å². The molecule has 19 heavy (non-hydrogen) atoms. The second-order valence-electron chi connectivity index (χ2n) is 5.65. The number of hydrogen-bond acceptors (Lipinski definition) is 2. The van der Waals surface area contributed by atoms with Crippen LogP contribution in [0.5, 0.6) is 0 Å². The van der Waals surface area contributed by atoms with E-state index in [1.54, 1.807) is 0 Å². The summed E-state index contributed by atoms with van der Waals surface area (Å²) >= 11 is 3.62. The summed E-state index contributed by atoms with van der Waals surface area (Å²) < 4.78 is 1.24. The number of likely N-dealkylation sites (N-methyl/N-ethyl adjacent to an activating group) is 1. The molecule has 1 aliphatic heterocycles. The van der Waals surface area contributed by atoms with Crippen molar-refractivity contribution in [2.75, 3.05) is 33.2 Å². The first-order chi connectivity index (χ1) is 9.25. The van der Waals surface area contributed by atoms with E-state index in [1.165, 1.54) is 48.9 Å². The molecule has 1 fully saturated rings. The molecule has 1 heterocycles. The normalized spacial score (nSPS) is 19.8. The molecule has 0 saturated carbocycles. The van der Waals surface area contributed by atoms with Gasteiger partial charge in [-0.3, -0.25) is 0 Å². The summed E-state index contributed by atoms with van der Waals surface area (Å²) in [6.45, 7) is 4.80. The van der Waals surface area contributed by atoms with Crippen LogP contribution in [0.25, 0.3) is 0 Å². The van der Waals surface area contributed by atoms with Crippen molar-refractivity contribution in [3.05, 3.63) is 34.3 Å². The molecule has 1 atom stereocenters. The second kappa shape index (κ2) is 8.03. The molecule has 2 rings (SSSR count). The van der Waals surface area contributed by atoms with Crippen molar-refractivity contribution >= 4 is 15.9 Å². The molecule has 2 nitrogen and oxygen atoms in total. The van der Waals surface area contributed by atoms with Crippen molar-refractivity contribution in [2.24, 2.45) is 5.92 Å². The lowest BCUT2D eigenvalue weighted by molar-refractivity contribution is 0.275. The van der Waals surface area contributed by atoms with Gasteiger partial charge in [-0.15, -0.1) is 0 Å². The monoisotopic (exact) mass is 324 g/mol. The summed E-state index contributed by atoms with van der Waals surface area (Å²) in [6, 6.07) is 8.53. The number of halogens is 1. The minimum Gasteiger partial charge on any atom is -0.316 e. The minimum atomic E-state index is 0.889. The standard InChI is InChI=1S/C16H25BrN2/c1-19(11-8-14-5-4-10-18-13-14)12-9-15-6-2-3-7-16(15)17/h2-3,6-7,14,18H,4-5,8-13H2,1H3. The zero-order valence-corrected chi connectivity index (χ0v) is 13.5. The Labute approximate surface area is 125 Å². The Hall–Kier alpha value is -0.380. The van der Waals surface area contributed by atoms with E-state index in [-0.39, 0.29) is 0 Å². The van der Waals surface area contributed by atoms with E-state index in [9.17, 15) is 0 Å². The topological polar surface area (TPSA) is 15.3 Å². The van der Waals surface area contributed by atoms with E-state index in [1.807, 2.05) is 0 Å². The average molecular weight is 325 g/mol. The highest BCUT2D eigenvalue weighted by Gasteiger charge is 2.13. The van der Waals surface area contributed by atoms with E-state index >= 15 is 0 Å². The predicted octanol–water partition coefficient (Wildman–Crippen LogP) is 3.31. The van der Waals surface area contributed by atoms with Gasteiger partial charge < -0.3 is 10.2 Å². The van der Waals surface area contributed by atoms with Crippen LogP contribution in [-0.4, -0.2) is 38.1 Å². The van der Waals surface area contributed by atoms with E-state index in [0.717, 1.165) is 18.9 Å². The third-order valence-electron chi connectivity index (χ3n) is 4.04. The lowest BCUT2D eigenvalue weighted by Gasteiger charge is -2.25. The highest BCUT2D eigenvalue weighted by Crippen LogP contribution is 2.17. The summed E-state index contributed by atoms with van der Waals surface area (Å²) in [6.07, 6.45) is 5.22. The third-order valence-corrected chi connectivity index (χ3v) is 4.81. The maximum Gasteiger partial charge on any atom is 0.0207 e. The molecular formula is C16H25BrN2. The van der Waals surface area contributed by atoms with Gasteiger partial charge in [-0.2, -0.15) is 0 Å². The smallest absolute Gasteiger partial charge is 0.0207 e. The molecule has 1 N–H and O–H groups in total. The van der Waals surface area contributed by atoms with Crippen LogP contribution in [0.3, 0.4) is 0 Å². The van der Waals surface area contributed by atoms with Gasteiger partial charge in [0.2, 0.25) is 0 Å². The largest absolute Gasteiger partial charge is 0.316 e. The summed E-state index contributed by atoms with van der Waals surface area (Å²) in [7, 11) is 2.24. The first-order valence-corrected chi connectivity index (χ1v) is 8.17. The van der Waals surface area contributed by atoms with E-state index in [0.29, 0.717) is 0 Å². The fraction of sp³-hybridized carbons (Fsp3) is 0.625. The summed E-state index contributed by atoms with van der Waals surface area (Å²) in [5, 5.41) is 3.50. The lowest BCUT2D eigenvalue weighted by atomic mass is 9.96. The Kier molecular flexibility index (Phi) is 6.35. The van der Waals surface area contributed by atoms with Gasteiger partial charge in [-0.05, 0) is 69.9 Å². The van der Waals surface area contributed by atoms with Crippen molar-refractivity contribution in [1.82, 2.24) is 10.2 Å². The van der Waals surface area contributed by atoms with Crippen LogP contribution in [0.15, 0.2) is 28.7 Å². The molecule has 0 amide bonds. The molecule has 1 unspecified atom stereocenters. The van der Waals surface area contributed by atoms with Crippen LogP contribution in [0.1, 0.15) is 24.8 Å². The molecule has 0 aliphatic carbocycles. The Morgan fingerprint density at radius 3 is 2.89 bits per heavy atom. The fourth-order valence-corrected chi connectivity index (χ4v) is 3.18. The van der Waals surface area contributed by atoms with Gasteiger partial charge in [-0.1, -0.05) is 34.1 Å². The van der Waals surface area contributed by atoms with Crippen molar-refractivity contribution in [3.63, 3.8) is 0 Å². The van der Waals surface area contributed by atoms with Crippen LogP contribution >= 0.6 is 15.9 Å². The number of piperidine rings is 1. The van der Waals surface area contributed by atoms with Crippen LogP contribution in [0.4, 0.5) is 0 Å².